The number of hydrogen-bond donors (Lipinski definition) is 0. The Balaban J connectivity index is 2.36. The molecule has 1 rings (SSSR count). The first kappa shape index (κ1) is 13.2. The van der Waals surface area contributed by atoms with Gasteiger partial charge in [-0.3, -0.25) is 0 Å². The van der Waals surface area contributed by atoms with Crippen molar-refractivity contribution in [3.05, 3.63) is 35.9 Å². The highest BCUT2D eigenvalue weighted by molar-refractivity contribution is 5.81. The number of nitriles is 1. The molecule has 1 atom stereocenters. The molecule has 3 nitrogen and oxygen atoms in total. The highest BCUT2D eigenvalue weighted by Gasteiger charge is 2.06. The molecule has 0 bridgehead atoms. The summed E-state index contributed by atoms with van der Waals surface area (Å²) < 4.78 is 0. The Morgan fingerprint density at radius 3 is 2.71 bits per heavy atom. The molecule has 1 aromatic carbocycles. The molecule has 0 heterocycles. The maximum atomic E-state index is 8.83. The van der Waals surface area contributed by atoms with Gasteiger partial charge in [-0.2, -0.15) is 5.26 Å². The Kier molecular flexibility index (Phi) is 5.81. The minimum Gasteiger partial charge on any atom is -0.391 e. The highest BCUT2D eigenvalue weighted by atomic mass is 16.6. The molecule has 0 saturated carbocycles. The molecule has 0 fully saturated rings. The second-order valence-corrected chi connectivity index (χ2v) is 4.02. The third-order valence-electron chi connectivity index (χ3n) is 2.51. The molecule has 0 saturated heterocycles. The Morgan fingerprint density at radius 1 is 1.41 bits per heavy atom. The number of hydrogen-bond acceptors (Lipinski definition) is 3. The van der Waals surface area contributed by atoms with Crippen molar-refractivity contribution in [3.8, 4) is 6.07 Å². The molecule has 1 aromatic rings. The van der Waals surface area contributed by atoms with Crippen LogP contribution in [0.2, 0.25) is 0 Å². The van der Waals surface area contributed by atoms with Crippen molar-refractivity contribution in [1.82, 2.24) is 0 Å². The Labute approximate surface area is 103 Å². The van der Waals surface area contributed by atoms with Crippen LogP contribution in [0.1, 0.15) is 32.3 Å². The molecule has 3 heteroatoms. The minimum atomic E-state index is 0.0408. The summed E-state index contributed by atoms with van der Waals surface area (Å²) in [7, 11) is 0. The standard InChI is InChI=1S/C14H18N2O/c1-3-13(10-15)9-12(2)16-17-11-14-7-5-4-6-8-14/h4-8,13H,3,9,11H2,1-2H3/b16-12+. The summed E-state index contributed by atoms with van der Waals surface area (Å²) in [6, 6.07) is 12.2. The molecule has 0 amide bonds. The average Bonchev–Trinajstić information content (AvgIpc) is 2.37. The topological polar surface area (TPSA) is 45.4 Å². The van der Waals surface area contributed by atoms with E-state index in [1.165, 1.54) is 0 Å². The number of nitrogens with zero attached hydrogens (tertiary/aromatic N) is 2. The van der Waals surface area contributed by atoms with Gasteiger partial charge in [0.1, 0.15) is 6.61 Å². The molecule has 17 heavy (non-hydrogen) atoms. The predicted octanol–water partition coefficient (Wildman–Crippen LogP) is 3.52. The fourth-order valence-electron chi connectivity index (χ4n) is 1.47. The van der Waals surface area contributed by atoms with Crippen LogP contribution in [-0.4, -0.2) is 5.71 Å². The van der Waals surface area contributed by atoms with Gasteiger partial charge in [-0.15, -0.1) is 0 Å². The van der Waals surface area contributed by atoms with Crippen molar-refractivity contribution < 1.29 is 4.84 Å². The summed E-state index contributed by atoms with van der Waals surface area (Å²) in [5, 5.41) is 12.9. The predicted molar refractivity (Wildman–Crippen MR) is 68.4 cm³/mol. The van der Waals surface area contributed by atoms with E-state index < -0.39 is 0 Å². The zero-order valence-corrected chi connectivity index (χ0v) is 10.4. The van der Waals surface area contributed by atoms with Crippen molar-refractivity contribution in [3.63, 3.8) is 0 Å². The maximum absolute atomic E-state index is 8.83. The van der Waals surface area contributed by atoms with Gasteiger partial charge in [0, 0.05) is 6.42 Å². The van der Waals surface area contributed by atoms with Gasteiger partial charge in [0.15, 0.2) is 0 Å². The van der Waals surface area contributed by atoms with E-state index in [9.17, 15) is 0 Å². The summed E-state index contributed by atoms with van der Waals surface area (Å²) in [4.78, 5) is 5.25. The van der Waals surface area contributed by atoms with Crippen LogP contribution in [0, 0.1) is 17.2 Å². The Morgan fingerprint density at radius 2 is 2.12 bits per heavy atom. The molecular weight excluding hydrogens is 212 g/mol. The van der Waals surface area contributed by atoms with E-state index in [1.54, 1.807) is 0 Å². The smallest absolute Gasteiger partial charge is 0.142 e. The lowest BCUT2D eigenvalue weighted by Crippen LogP contribution is -2.03. The number of oxime groups is 1. The molecule has 0 aliphatic heterocycles. The van der Waals surface area contributed by atoms with Crippen molar-refractivity contribution >= 4 is 5.71 Å². The van der Waals surface area contributed by atoms with E-state index >= 15 is 0 Å². The van der Waals surface area contributed by atoms with E-state index in [4.69, 9.17) is 10.1 Å². The molecule has 0 aliphatic carbocycles. The molecule has 0 radical (unpaired) electrons. The van der Waals surface area contributed by atoms with Crippen LogP contribution >= 0.6 is 0 Å². The van der Waals surface area contributed by atoms with E-state index in [0.717, 1.165) is 17.7 Å². The zero-order valence-electron chi connectivity index (χ0n) is 10.4. The summed E-state index contributed by atoms with van der Waals surface area (Å²) in [6.07, 6.45) is 1.53. The van der Waals surface area contributed by atoms with Crippen LogP contribution in [0.5, 0.6) is 0 Å². The van der Waals surface area contributed by atoms with Crippen molar-refractivity contribution in [2.24, 2.45) is 11.1 Å². The minimum absolute atomic E-state index is 0.0408. The first-order valence-electron chi connectivity index (χ1n) is 5.85. The molecule has 0 N–H and O–H groups in total. The summed E-state index contributed by atoms with van der Waals surface area (Å²) in [5.74, 6) is 0.0408. The number of benzene rings is 1. The highest BCUT2D eigenvalue weighted by Crippen LogP contribution is 2.08. The average molecular weight is 230 g/mol. The molecule has 1 unspecified atom stereocenters. The molecule has 90 valence electrons. The lowest BCUT2D eigenvalue weighted by Gasteiger charge is -2.05. The van der Waals surface area contributed by atoms with Gasteiger partial charge in [0.05, 0.1) is 17.7 Å². The van der Waals surface area contributed by atoms with Crippen molar-refractivity contribution in [2.45, 2.75) is 33.3 Å². The zero-order chi connectivity index (χ0) is 12.5. The van der Waals surface area contributed by atoms with Crippen LogP contribution in [0.25, 0.3) is 0 Å². The molecular formula is C14H18N2O. The SMILES string of the molecule is CCC(C#N)C/C(C)=N/OCc1ccccc1. The van der Waals surface area contributed by atoms with Gasteiger partial charge in [-0.1, -0.05) is 42.4 Å². The monoisotopic (exact) mass is 230 g/mol. The third-order valence-corrected chi connectivity index (χ3v) is 2.51. The molecule has 0 aromatic heterocycles. The van der Waals surface area contributed by atoms with Gasteiger partial charge in [-0.25, -0.2) is 0 Å². The Bertz CT molecular complexity index is 392. The second kappa shape index (κ2) is 7.45. The molecule has 0 aliphatic rings. The van der Waals surface area contributed by atoms with E-state index in [0.29, 0.717) is 13.0 Å². The van der Waals surface area contributed by atoms with E-state index in [1.807, 2.05) is 44.2 Å². The lowest BCUT2D eigenvalue weighted by molar-refractivity contribution is 0.129. The van der Waals surface area contributed by atoms with Gasteiger partial charge in [0.2, 0.25) is 0 Å². The fraction of sp³-hybridized carbons (Fsp3) is 0.429. The lowest BCUT2D eigenvalue weighted by atomic mass is 10.0. The van der Waals surface area contributed by atoms with Crippen LogP contribution < -0.4 is 0 Å². The van der Waals surface area contributed by atoms with Crippen LogP contribution in [0.15, 0.2) is 35.5 Å². The van der Waals surface area contributed by atoms with Crippen LogP contribution in [0.3, 0.4) is 0 Å². The quantitative estimate of drug-likeness (QED) is 0.554. The third kappa shape index (κ3) is 5.17. The number of rotatable bonds is 6. The van der Waals surface area contributed by atoms with Crippen LogP contribution in [-0.2, 0) is 11.4 Å². The van der Waals surface area contributed by atoms with E-state index in [-0.39, 0.29) is 5.92 Å². The normalized spacial score (nSPS) is 12.9. The van der Waals surface area contributed by atoms with Crippen LogP contribution in [0.4, 0.5) is 0 Å². The van der Waals surface area contributed by atoms with Gasteiger partial charge in [-0.05, 0) is 18.9 Å². The summed E-state index contributed by atoms with van der Waals surface area (Å²) >= 11 is 0. The van der Waals surface area contributed by atoms with Gasteiger partial charge >= 0.3 is 0 Å². The maximum Gasteiger partial charge on any atom is 0.142 e. The second-order valence-electron chi connectivity index (χ2n) is 4.02. The summed E-state index contributed by atoms with van der Waals surface area (Å²) in [5.41, 5.74) is 1.96. The van der Waals surface area contributed by atoms with Crippen molar-refractivity contribution in [2.75, 3.05) is 0 Å². The first-order valence-corrected chi connectivity index (χ1v) is 5.85. The molecule has 0 spiro atoms. The Hall–Kier alpha value is -1.82. The van der Waals surface area contributed by atoms with E-state index in [2.05, 4.69) is 11.2 Å². The first-order chi connectivity index (χ1) is 8.26. The largest absolute Gasteiger partial charge is 0.391 e. The summed E-state index contributed by atoms with van der Waals surface area (Å²) in [6.45, 7) is 4.37. The van der Waals surface area contributed by atoms with Gasteiger partial charge in [0.25, 0.3) is 0 Å². The van der Waals surface area contributed by atoms with Gasteiger partial charge < -0.3 is 4.84 Å². The fourth-order valence-corrected chi connectivity index (χ4v) is 1.47. The van der Waals surface area contributed by atoms with Crippen molar-refractivity contribution in [1.29, 1.82) is 5.26 Å².